The van der Waals surface area contributed by atoms with Crippen LogP contribution in [-0.4, -0.2) is 54.1 Å². The lowest BCUT2D eigenvalue weighted by molar-refractivity contribution is 0.197. The first-order valence-corrected chi connectivity index (χ1v) is 11.0. The molecular formula is C23H34N4O. The Kier molecular flexibility index (Phi) is 5.37. The summed E-state index contributed by atoms with van der Waals surface area (Å²) in [6, 6.07) is 7.40. The van der Waals surface area contributed by atoms with Crippen molar-refractivity contribution in [3.63, 3.8) is 0 Å². The first-order chi connectivity index (χ1) is 13.6. The van der Waals surface area contributed by atoms with Crippen LogP contribution in [0.5, 0.6) is 0 Å². The van der Waals surface area contributed by atoms with Crippen molar-refractivity contribution in [2.75, 3.05) is 31.2 Å². The quantitative estimate of drug-likeness (QED) is 0.829. The number of carbonyl (C=O) groups excluding carboxylic acids is 1. The first-order valence-electron chi connectivity index (χ1n) is 11.0. The van der Waals surface area contributed by atoms with Crippen LogP contribution < -0.4 is 10.4 Å². The Labute approximate surface area is 169 Å². The number of fused-ring (bicyclic) bond motifs is 2. The molecule has 2 heterocycles. The monoisotopic (exact) mass is 382 g/mol. The highest BCUT2D eigenvalue weighted by Crippen LogP contribution is 2.52. The Morgan fingerprint density at radius 2 is 2.04 bits per heavy atom. The molecule has 4 rings (SSSR count). The Morgan fingerprint density at radius 3 is 2.75 bits per heavy atom. The number of hydrogen-bond acceptors (Lipinski definition) is 3. The van der Waals surface area contributed by atoms with Gasteiger partial charge < -0.3 is 4.90 Å². The summed E-state index contributed by atoms with van der Waals surface area (Å²) in [5.41, 5.74) is 8.75. The Bertz CT molecular complexity index is 770. The fourth-order valence-electron chi connectivity index (χ4n) is 5.44. The van der Waals surface area contributed by atoms with Crippen molar-refractivity contribution < 1.29 is 4.79 Å². The summed E-state index contributed by atoms with van der Waals surface area (Å²) in [4.78, 5) is 17.3. The summed E-state index contributed by atoms with van der Waals surface area (Å²) in [5, 5.41) is 2.13. The number of nitrogens with one attached hydrogen (secondary N) is 1. The third-order valence-corrected chi connectivity index (χ3v) is 6.85. The summed E-state index contributed by atoms with van der Waals surface area (Å²) < 4.78 is 0. The third kappa shape index (κ3) is 3.00. The SMILES string of the molecule is CCCN1CCC=C2c3cccc4c3C(C[C@H]21)C(C)N4NC(=O)N(CC)CC. The zero-order valence-corrected chi connectivity index (χ0v) is 17.7. The van der Waals surface area contributed by atoms with Gasteiger partial charge in [-0.15, -0.1) is 0 Å². The van der Waals surface area contributed by atoms with E-state index in [0.29, 0.717) is 12.0 Å². The Balaban J connectivity index is 1.68. The van der Waals surface area contributed by atoms with Crippen molar-refractivity contribution in [3.8, 4) is 0 Å². The number of nitrogens with zero attached hydrogens (tertiary/aromatic N) is 3. The number of hydrazine groups is 1. The summed E-state index contributed by atoms with van der Waals surface area (Å²) in [6.07, 6.45) is 5.94. The van der Waals surface area contributed by atoms with Crippen molar-refractivity contribution in [2.24, 2.45) is 0 Å². The molecule has 152 valence electrons. The predicted molar refractivity (Wildman–Crippen MR) is 115 cm³/mol. The second kappa shape index (κ2) is 7.78. The highest BCUT2D eigenvalue weighted by atomic mass is 16.2. The molecule has 5 heteroatoms. The smallest absolute Gasteiger partial charge is 0.324 e. The minimum absolute atomic E-state index is 0.00246. The van der Waals surface area contributed by atoms with Gasteiger partial charge in [-0.2, -0.15) is 0 Å². The number of amides is 2. The molecule has 3 aliphatic rings. The van der Waals surface area contributed by atoms with E-state index >= 15 is 0 Å². The topological polar surface area (TPSA) is 38.8 Å². The van der Waals surface area contributed by atoms with Gasteiger partial charge in [0.25, 0.3) is 0 Å². The highest BCUT2D eigenvalue weighted by Gasteiger charge is 2.45. The van der Waals surface area contributed by atoms with Gasteiger partial charge in [0.2, 0.25) is 0 Å². The van der Waals surface area contributed by atoms with Crippen LogP contribution in [0.4, 0.5) is 10.5 Å². The fourth-order valence-corrected chi connectivity index (χ4v) is 5.44. The molecule has 1 aromatic carbocycles. The number of urea groups is 1. The lowest BCUT2D eigenvalue weighted by Gasteiger charge is -2.42. The van der Waals surface area contributed by atoms with Crippen molar-refractivity contribution in [1.29, 1.82) is 0 Å². The molecule has 5 nitrogen and oxygen atoms in total. The molecule has 0 bridgehead atoms. The van der Waals surface area contributed by atoms with Gasteiger partial charge in [-0.05, 0) is 69.3 Å². The van der Waals surface area contributed by atoms with Crippen LogP contribution in [-0.2, 0) is 0 Å². The van der Waals surface area contributed by atoms with Gasteiger partial charge in [0.15, 0.2) is 0 Å². The zero-order valence-electron chi connectivity index (χ0n) is 17.7. The van der Waals surface area contributed by atoms with Crippen LogP contribution in [0.3, 0.4) is 0 Å². The molecule has 1 N–H and O–H groups in total. The van der Waals surface area contributed by atoms with E-state index in [9.17, 15) is 4.79 Å². The first kappa shape index (κ1) is 19.3. The van der Waals surface area contributed by atoms with Crippen molar-refractivity contribution >= 4 is 17.3 Å². The maximum absolute atomic E-state index is 12.8. The summed E-state index contributed by atoms with van der Waals surface area (Å²) in [6.45, 7) is 12.4. The summed E-state index contributed by atoms with van der Waals surface area (Å²) >= 11 is 0. The van der Waals surface area contributed by atoms with Crippen LogP contribution in [0.1, 0.15) is 64.0 Å². The molecular weight excluding hydrogens is 348 g/mol. The summed E-state index contributed by atoms with van der Waals surface area (Å²) in [7, 11) is 0. The minimum Gasteiger partial charge on any atom is -0.324 e. The van der Waals surface area contributed by atoms with Gasteiger partial charge in [-0.3, -0.25) is 9.91 Å². The number of anilines is 1. The largest absolute Gasteiger partial charge is 0.336 e. The number of hydrogen-bond donors (Lipinski definition) is 1. The number of carbonyl (C=O) groups is 1. The molecule has 2 aliphatic heterocycles. The molecule has 28 heavy (non-hydrogen) atoms. The fraction of sp³-hybridized carbons (Fsp3) is 0.609. The van der Waals surface area contributed by atoms with Crippen molar-refractivity contribution in [3.05, 3.63) is 35.4 Å². The molecule has 0 saturated heterocycles. The van der Waals surface area contributed by atoms with E-state index in [1.165, 1.54) is 41.9 Å². The molecule has 0 saturated carbocycles. The van der Waals surface area contributed by atoms with E-state index in [1.807, 2.05) is 18.7 Å². The Morgan fingerprint density at radius 1 is 1.25 bits per heavy atom. The normalized spacial score (nSPS) is 25.8. The molecule has 3 atom stereocenters. The van der Waals surface area contributed by atoms with Gasteiger partial charge >= 0.3 is 6.03 Å². The van der Waals surface area contributed by atoms with Crippen LogP contribution in [0.15, 0.2) is 24.3 Å². The molecule has 0 fully saturated rings. The second-order valence-corrected chi connectivity index (χ2v) is 8.28. The number of rotatable bonds is 5. The van der Waals surface area contributed by atoms with E-state index in [4.69, 9.17) is 0 Å². The lowest BCUT2D eigenvalue weighted by atomic mass is 9.74. The van der Waals surface area contributed by atoms with Crippen LogP contribution >= 0.6 is 0 Å². The maximum atomic E-state index is 12.8. The highest BCUT2D eigenvalue weighted by molar-refractivity contribution is 5.84. The molecule has 1 aliphatic carbocycles. The van der Waals surface area contributed by atoms with E-state index < -0.39 is 0 Å². The number of benzene rings is 1. The van der Waals surface area contributed by atoms with Crippen molar-refractivity contribution in [2.45, 2.75) is 65.0 Å². The van der Waals surface area contributed by atoms with E-state index in [2.05, 4.69) is 53.5 Å². The van der Waals surface area contributed by atoms with Gasteiger partial charge in [-0.1, -0.05) is 25.1 Å². The van der Waals surface area contributed by atoms with Crippen LogP contribution in [0, 0.1) is 0 Å². The molecule has 0 aromatic heterocycles. The molecule has 0 spiro atoms. The maximum Gasteiger partial charge on any atom is 0.336 e. The average Bonchev–Trinajstić information content (AvgIpc) is 2.97. The van der Waals surface area contributed by atoms with Crippen molar-refractivity contribution in [1.82, 2.24) is 15.2 Å². The zero-order chi connectivity index (χ0) is 19.8. The van der Waals surface area contributed by atoms with E-state index in [-0.39, 0.29) is 12.1 Å². The van der Waals surface area contributed by atoms with E-state index in [1.54, 1.807) is 0 Å². The van der Waals surface area contributed by atoms with Gasteiger partial charge in [0.1, 0.15) is 0 Å². The molecule has 1 aromatic rings. The second-order valence-electron chi connectivity index (χ2n) is 8.28. The molecule has 2 amide bonds. The van der Waals surface area contributed by atoms with Gasteiger partial charge in [0, 0.05) is 31.6 Å². The van der Waals surface area contributed by atoms with Gasteiger partial charge in [0.05, 0.1) is 11.7 Å². The predicted octanol–water partition coefficient (Wildman–Crippen LogP) is 4.22. The van der Waals surface area contributed by atoms with E-state index in [0.717, 1.165) is 25.9 Å². The average molecular weight is 383 g/mol. The third-order valence-electron chi connectivity index (χ3n) is 6.85. The van der Waals surface area contributed by atoms with Gasteiger partial charge in [-0.25, -0.2) is 10.2 Å². The van der Waals surface area contributed by atoms with Crippen LogP contribution in [0.25, 0.3) is 5.57 Å². The molecule has 0 radical (unpaired) electrons. The lowest BCUT2D eigenvalue weighted by Crippen LogP contribution is -2.52. The summed E-state index contributed by atoms with van der Waals surface area (Å²) in [5.74, 6) is 0.461. The minimum atomic E-state index is -0.00246. The van der Waals surface area contributed by atoms with Crippen LogP contribution in [0.2, 0.25) is 0 Å². The molecule has 2 unspecified atom stereocenters. The Hall–Kier alpha value is -2.01. The standard InChI is InChI=1S/C23H34N4O/c1-5-13-26-14-9-11-17-18-10-8-12-20-22(18)19(15-21(17)26)16(4)27(20)24-23(28)25(6-2)7-3/h8,10-12,16,19,21H,5-7,9,13-15H2,1-4H3,(H,24,28)/t16?,19?,21-/m1/s1.